The summed E-state index contributed by atoms with van der Waals surface area (Å²) in [5.41, 5.74) is 0. The Labute approximate surface area is 104 Å². The van der Waals surface area contributed by atoms with Crippen molar-refractivity contribution in [1.82, 2.24) is 10.2 Å². The second-order valence-electron chi connectivity index (χ2n) is 4.81. The van der Waals surface area contributed by atoms with E-state index in [0.29, 0.717) is 12.5 Å². The average molecular weight is 240 g/mol. The highest BCUT2D eigenvalue weighted by atomic mass is 16.3. The maximum Gasteiger partial charge on any atom is 0.239 e. The van der Waals surface area contributed by atoms with Crippen LogP contribution in [0.3, 0.4) is 0 Å². The van der Waals surface area contributed by atoms with Gasteiger partial charge in [-0.1, -0.05) is 12.2 Å². The molecule has 0 aromatic rings. The van der Waals surface area contributed by atoms with Crippen LogP contribution in [-0.2, 0) is 4.79 Å². The first-order valence-electron chi connectivity index (χ1n) is 6.41. The molecule has 1 aliphatic heterocycles. The van der Waals surface area contributed by atoms with Crippen molar-refractivity contribution in [2.75, 3.05) is 6.54 Å². The molecule has 17 heavy (non-hydrogen) atoms. The molecule has 0 spiro atoms. The van der Waals surface area contributed by atoms with Crippen molar-refractivity contribution in [2.45, 2.75) is 58.3 Å². The molecule has 4 heteroatoms. The van der Waals surface area contributed by atoms with E-state index in [4.69, 9.17) is 0 Å². The summed E-state index contributed by atoms with van der Waals surface area (Å²) in [7, 11) is 0. The second kappa shape index (κ2) is 6.77. The van der Waals surface area contributed by atoms with E-state index in [-0.39, 0.29) is 11.9 Å². The highest BCUT2D eigenvalue weighted by molar-refractivity contribution is 5.82. The summed E-state index contributed by atoms with van der Waals surface area (Å²) in [6.07, 6.45) is 5.82. The molecule has 0 radical (unpaired) electrons. The molecule has 2 unspecified atom stereocenters. The number of hydrogen-bond acceptors (Lipinski definition) is 3. The fourth-order valence-electron chi connectivity index (χ4n) is 2.26. The lowest BCUT2D eigenvalue weighted by Crippen LogP contribution is -2.55. The van der Waals surface area contributed by atoms with Gasteiger partial charge in [0.1, 0.15) is 6.23 Å². The highest BCUT2D eigenvalue weighted by Gasteiger charge is 2.32. The SMILES string of the molecule is C/C=C/CCN(C(C)C)C1CCC(O)NC1=O. The molecule has 1 heterocycles. The number of rotatable bonds is 5. The topological polar surface area (TPSA) is 52.6 Å². The predicted molar refractivity (Wildman–Crippen MR) is 68.4 cm³/mol. The Kier molecular flexibility index (Phi) is 5.65. The predicted octanol–water partition coefficient (Wildman–Crippen LogP) is 1.26. The summed E-state index contributed by atoms with van der Waals surface area (Å²) in [4.78, 5) is 14.1. The van der Waals surface area contributed by atoms with Crippen LogP contribution in [-0.4, -0.2) is 40.8 Å². The lowest BCUT2D eigenvalue weighted by molar-refractivity contribution is -0.134. The number of piperidine rings is 1. The van der Waals surface area contributed by atoms with Gasteiger partial charge in [-0.3, -0.25) is 9.69 Å². The van der Waals surface area contributed by atoms with Gasteiger partial charge in [-0.25, -0.2) is 0 Å². The number of carbonyl (C=O) groups is 1. The molecule has 98 valence electrons. The van der Waals surface area contributed by atoms with Gasteiger partial charge >= 0.3 is 0 Å². The lowest BCUT2D eigenvalue weighted by atomic mass is 10.0. The number of aliphatic hydroxyl groups excluding tert-OH is 1. The summed E-state index contributed by atoms with van der Waals surface area (Å²) in [6, 6.07) is 0.245. The van der Waals surface area contributed by atoms with Gasteiger partial charge in [0, 0.05) is 12.6 Å². The third kappa shape index (κ3) is 4.13. The number of hydrogen-bond donors (Lipinski definition) is 2. The maximum atomic E-state index is 11.9. The quantitative estimate of drug-likeness (QED) is 0.711. The normalized spacial score (nSPS) is 25.9. The molecule has 1 amide bonds. The zero-order valence-corrected chi connectivity index (χ0v) is 11.0. The fraction of sp³-hybridized carbons (Fsp3) is 0.769. The minimum absolute atomic E-state index is 0.0436. The molecule has 2 atom stereocenters. The highest BCUT2D eigenvalue weighted by Crippen LogP contribution is 2.17. The number of carbonyl (C=O) groups excluding carboxylic acids is 1. The average Bonchev–Trinajstić information content (AvgIpc) is 2.25. The molecule has 2 N–H and O–H groups in total. The number of aliphatic hydroxyl groups is 1. The molecular weight excluding hydrogens is 216 g/mol. The van der Waals surface area contributed by atoms with Crippen molar-refractivity contribution < 1.29 is 9.90 Å². The molecule has 1 saturated heterocycles. The van der Waals surface area contributed by atoms with Crippen LogP contribution < -0.4 is 5.32 Å². The van der Waals surface area contributed by atoms with E-state index in [9.17, 15) is 9.90 Å². The molecule has 4 nitrogen and oxygen atoms in total. The number of amides is 1. The van der Waals surface area contributed by atoms with E-state index in [2.05, 4.69) is 30.1 Å². The first-order valence-corrected chi connectivity index (χ1v) is 6.41. The molecular formula is C13H24N2O2. The Morgan fingerprint density at radius 1 is 1.53 bits per heavy atom. The Morgan fingerprint density at radius 2 is 2.24 bits per heavy atom. The van der Waals surface area contributed by atoms with Crippen LogP contribution >= 0.6 is 0 Å². The van der Waals surface area contributed by atoms with Crippen LogP contribution in [0, 0.1) is 0 Å². The Bertz CT molecular complexity index is 277. The van der Waals surface area contributed by atoms with Crippen molar-refractivity contribution in [1.29, 1.82) is 0 Å². The van der Waals surface area contributed by atoms with E-state index >= 15 is 0 Å². The summed E-state index contributed by atoms with van der Waals surface area (Å²) < 4.78 is 0. The zero-order chi connectivity index (χ0) is 12.8. The Hall–Kier alpha value is -0.870. The van der Waals surface area contributed by atoms with Crippen LogP contribution in [0.25, 0.3) is 0 Å². The van der Waals surface area contributed by atoms with Crippen molar-refractivity contribution in [3.05, 3.63) is 12.2 Å². The number of allylic oxidation sites excluding steroid dienone is 1. The Balaban J connectivity index is 2.60. The second-order valence-corrected chi connectivity index (χ2v) is 4.81. The molecule has 1 fully saturated rings. The first-order chi connectivity index (χ1) is 8.06. The van der Waals surface area contributed by atoms with E-state index in [1.165, 1.54) is 0 Å². The first kappa shape index (κ1) is 14.2. The molecule has 0 aromatic heterocycles. The van der Waals surface area contributed by atoms with Crippen molar-refractivity contribution in [3.63, 3.8) is 0 Å². The van der Waals surface area contributed by atoms with E-state index in [0.717, 1.165) is 19.4 Å². The third-order valence-corrected chi connectivity index (χ3v) is 3.18. The van der Waals surface area contributed by atoms with Gasteiger partial charge in [-0.2, -0.15) is 0 Å². The summed E-state index contributed by atoms with van der Waals surface area (Å²) in [5.74, 6) is -0.0436. The summed E-state index contributed by atoms with van der Waals surface area (Å²) in [5, 5.41) is 12.0. The lowest BCUT2D eigenvalue weighted by Gasteiger charge is -2.37. The van der Waals surface area contributed by atoms with Crippen LogP contribution in [0.5, 0.6) is 0 Å². The van der Waals surface area contributed by atoms with Crippen molar-refractivity contribution in [3.8, 4) is 0 Å². The van der Waals surface area contributed by atoms with E-state index < -0.39 is 6.23 Å². The molecule has 0 aromatic carbocycles. The number of nitrogens with zero attached hydrogens (tertiary/aromatic N) is 1. The minimum atomic E-state index is -0.664. The molecule has 1 rings (SSSR count). The van der Waals surface area contributed by atoms with Gasteiger partial charge in [0.2, 0.25) is 5.91 Å². The van der Waals surface area contributed by atoms with Crippen LogP contribution in [0.15, 0.2) is 12.2 Å². The van der Waals surface area contributed by atoms with Gasteiger partial charge < -0.3 is 10.4 Å². The van der Waals surface area contributed by atoms with Gasteiger partial charge in [0.05, 0.1) is 6.04 Å². The van der Waals surface area contributed by atoms with E-state index in [1.807, 2.05) is 13.0 Å². The minimum Gasteiger partial charge on any atom is -0.374 e. The maximum absolute atomic E-state index is 11.9. The summed E-state index contributed by atoms with van der Waals surface area (Å²) in [6.45, 7) is 7.10. The van der Waals surface area contributed by atoms with Crippen LogP contribution in [0.1, 0.15) is 40.0 Å². The third-order valence-electron chi connectivity index (χ3n) is 3.18. The molecule has 0 aliphatic carbocycles. The van der Waals surface area contributed by atoms with Gasteiger partial charge in [-0.05, 0) is 40.0 Å². The largest absolute Gasteiger partial charge is 0.374 e. The fourth-order valence-corrected chi connectivity index (χ4v) is 2.26. The Morgan fingerprint density at radius 3 is 2.76 bits per heavy atom. The van der Waals surface area contributed by atoms with Gasteiger partial charge in [0.15, 0.2) is 0 Å². The van der Waals surface area contributed by atoms with Crippen molar-refractivity contribution >= 4 is 5.91 Å². The summed E-state index contributed by atoms with van der Waals surface area (Å²) >= 11 is 0. The molecule has 0 saturated carbocycles. The van der Waals surface area contributed by atoms with Gasteiger partial charge in [-0.15, -0.1) is 0 Å². The molecule has 0 bridgehead atoms. The monoisotopic (exact) mass is 240 g/mol. The standard InChI is InChI=1S/C13H24N2O2/c1-4-5-6-9-15(10(2)3)11-7-8-12(16)14-13(11)17/h4-5,10-12,16H,6-9H2,1-3H3,(H,14,17)/b5-4+. The van der Waals surface area contributed by atoms with E-state index in [1.54, 1.807) is 0 Å². The smallest absolute Gasteiger partial charge is 0.239 e. The number of nitrogens with one attached hydrogen (secondary N) is 1. The van der Waals surface area contributed by atoms with Gasteiger partial charge in [0.25, 0.3) is 0 Å². The van der Waals surface area contributed by atoms with Crippen LogP contribution in [0.2, 0.25) is 0 Å². The zero-order valence-electron chi connectivity index (χ0n) is 11.0. The van der Waals surface area contributed by atoms with Crippen LogP contribution in [0.4, 0.5) is 0 Å². The van der Waals surface area contributed by atoms with Crippen molar-refractivity contribution in [2.24, 2.45) is 0 Å². The molecule has 1 aliphatic rings.